The molecular weight excluding hydrogens is 346 g/mol. The van der Waals surface area contributed by atoms with Crippen molar-refractivity contribution >= 4 is 28.6 Å². The fourth-order valence-electron chi connectivity index (χ4n) is 3.02. The minimum atomic E-state index is -1.49. The molecule has 0 aliphatic carbocycles. The maximum absolute atomic E-state index is 12.3. The van der Waals surface area contributed by atoms with E-state index >= 15 is 0 Å². The number of carboxylic acid groups (broad SMARTS) is 1. The summed E-state index contributed by atoms with van der Waals surface area (Å²) in [6.07, 6.45) is 0. The number of carbonyl (C=O) groups excluding carboxylic acids is 2. The molecule has 0 spiro atoms. The minimum absolute atomic E-state index is 0.0488. The number of aliphatic carboxylic acids is 1. The smallest absolute Gasteiger partial charge is 0.352 e. The third kappa shape index (κ3) is 2.85. The molecule has 9 heteroatoms. The van der Waals surface area contributed by atoms with Crippen LogP contribution in [-0.4, -0.2) is 49.2 Å². The summed E-state index contributed by atoms with van der Waals surface area (Å²) in [5.41, 5.74) is 6.69. The zero-order chi connectivity index (χ0) is 18.3. The van der Waals surface area contributed by atoms with Crippen LogP contribution in [0.5, 0.6) is 0 Å². The molecule has 132 valence electrons. The van der Waals surface area contributed by atoms with Gasteiger partial charge in [-0.05, 0) is 18.1 Å². The van der Waals surface area contributed by atoms with Gasteiger partial charge in [0.1, 0.15) is 23.2 Å². The highest BCUT2D eigenvalue weighted by molar-refractivity contribution is 7.86. The summed E-state index contributed by atoms with van der Waals surface area (Å²) < 4.78 is 12.3. The molecule has 0 bridgehead atoms. The van der Waals surface area contributed by atoms with Crippen molar-refractivity contribution in [2.24, 2.45) is 5.73 Å². The number of rotatable bonds is 4. The monoisotopic (exact) mass is 363 g/mol. The first-order valence-corrected chi connectivity index (χ1v) is 8.95. The van der Waals surface area contributed by atoms with Gasteiger partial charge in [0.15, 0.2) is 0 Å². The van der Waals surface area contributed by atoms with Crippen LogP contribution in [0, 0.1) is 0 Å². The molecule has 2 aliphatic rings. The standard InChI is InChI=1S/C16H17N3O5S/c1-8-7-25(24)15-11(14(21)19(15)12(8)16(22)23)18-13(20)10(17)9-5-3-2-4-6-9/h2-6,10-11,15H,7,17H2,1H3,(H,18,20)(H,22,23)/t10-,11-,15-,25+/m1/s1. The second-order valence-corrected chi connectivity index (χ2v) is 7.47. The average Bonchev–Trinajstić information content (AvgIpc) is 2.58. The lowest BCUT2D eigenvalue weighted by Crippen LogP contribution is -2.73. The van der Waals surface area contributed by atoms with Gasteiger partial charge in [-0.25, -0.2) is 4.79 Å². The zero-order valence-corrected chi connectivity index (χ0v) is 14.2. The minimum Gasteiger partial charge on any atom is -0.477 e. The van der Waals surface area contributed by atoms with Crippen LogP contribution in [-0.2, 0) is 25.2 Å². The molecule has 0 saturated carbocycles. The van der Waals surface area contributed by atoms with Crippen molar-refractivity contribution < 1.29 is 23.7 Å². The number of fused-ring (bicyclic) bond motifs is 1. The molecule has 4 atom stereocenters. The van der Waals surface area contributed by atoms with Gasteiger partial charge in [-0.3, -0.25) is 18.7 Å². The number of carbonyl (C=O) groups is 3. The molecule has 1 saturated heterocycles. The second kappa shape index (κ2) is 6.41. The Morgan fingerprint density at radius 3 is 2.60 bits per heavy atom. The van der Waals surface area contributed by atoms with Crippen molar-refractivity contribution in [1.29, 1.82) is 0 Å². The van der Waals surface area contributed by atoms with Crippen LogP contribution in [0.1, 0.15) is 18.5 Å². The van der Waals surface area contributed by atoms with E-state index in [2.05, 4.69) is 5.32 Å². The molecule has 1 aromatic rings. The van der Waals surface area contributed by atoms with Crippen LogP contribution in [0.3, 0.4) is 0 Å². The molecular formula is C16H17N3O5S. The molecule has 0 aromatic heterocycles. The number of hydrogen-bond donors (Lipinski definition) is 3. The van der Waals surface area contributed by atoms with Gasteiger partial charge >= 0.3 is 5.97 Å². The summed E-state index contributed by atoms with van der Waals surface area (Å²) in [6.45, 7) is 1.53. The van der Waals surface area contributed by atoms with Crippen molar-refractivity contribution in [1.82, 2.24) is 10.2 Å². The Balaban J connectivity index is 1.78. The van der Waals surface area contributed by atoms with Gasteiger partial charge in [0.05, 0.1) is 10.8 Å². The van der Waals surface area contributed by atoms with Crippen LogP contribution < -0.4 is 11.1 Å². The molecule has 25 heavy (non-hydrogen) atoms. The first-order chi connectivity index (χ1) is 11.8. The number of carboxylic acids is 1. The number of hydrogen-bond acceptors (Lipinski definition) is 5. The van der Waals surface area contributed by atoms with Crippen LogP contribution in [0.15, 0.2) is 41.6 Å². The Bertz CT molecular complexity index is 807. The Morgan fingerprint density at radius 2 is 2.00 bits per heavy atom. The first-order valence-electron chi connectivity index (χ1n) is 7.57. The molecule has 1 fully saturated rings. The molecule has 0 radical (unpaired) electrons. The van der Waals surface area contributed by atoms with Crippen LogP contribution in [0.25, 0.3) is 0 Å². The van der Waals surface area contributed by atoms with Crippen LogP contribution >= 0.6 is 0 Å². The Hall–Kier alpha value is -2.52. The molecule has 4 N–H and O–H groups in total. The van der Waals surface area contributed by atoms with E-state index in [1.54, 1.807) is 30.3 Å². The van der Waals surface area contributed by atoms with Gasteiger partial charge in [0, 0.05) is 5.75 Å². The zero-order valence-electron chi connectivity index (χ0n) is 13.3. The number of benzene rings is 1. The highest BCUT2D eigenvalue weighted by Crippen LogP contribution is 2.34. The number of amides is 2. The normalized spacial score (nSPS) is 26.6. The Morgan fingerprint density at radius 1 is 1.36 bits per heavy atom. The highest BCUT2D eigenvalue weighted by atomic mass is 32.2. The van der Waals surface area contributed by atoms with Crippen molar-refractivity contribution in [3.05, 3.63) is 47.2 Å². The predicted octanol–water partition coefficient (Wildman–Crippen LogP) is -0.540. The van der Waals surface area contributed by atoms with E-state index in [9.17, 15) is 23.7 Å². The van der Waals surface area contributed by atoms with Gasteiger partial charge < -0.3 is 16.2 Å². The fraction of sp³-hybridized carbons (Fsp3) is 0.312. The quantitative estimate of drug-likeness (QED) is 0.616. The highest BCUT2D eigenvalue weighted by Gasteiger charge is 2.56. The summed E-state index contributed by atoms with van der Waals surface area (Å²) >= 11 is 0. The molecule has 2 aliphatic heterocycles. The molecule has 2 heterocycles. The van der Waals surface area contributed by atoms with Crippen molar-refractivity contribution in [3.63, 3.8) is 0 Å². The Labute approximate surface area is 146 Å². The van der Waals surface area contributed by atoms with E-state index < -0.39 is 46.0 Å². The van der Waals surface area contributed by atoms with Gasteiger partial charge in [0.25, 0.3) is 5.91 Å². The number of β-lactam (4-membered cyclic amide) rings is 1. The van der Waals surface area contributed by atoms with Gasteiger partial charge in [0.2, 0.25) is 5.91 Å². The largest absolute Gasteiger partial charge is 0.477 e. The van der Waals surface area contributed by atoms with Gasteiger partial charge in [-0.2, -0.15) is 0 Å². The van der Waals surface area contributed by atoms with E-state index in [0.29, 0.717) is 11.1 Å². The summed E-state index contributed by atoms with van der Waals surface area (Å²) in [6, 6.07) is 6.62. The number of nitrogens with zero attached hydrogens (tertiary/aromatic N) is 1. The molecule has 2 amide bonds. The lowest BCUT2D eigenvalue weighted by Gasteiger charge is -2.49. The van der Waals surface area contributed by atoms with E-state index in [1.807, 2.05) is 0 Å². The lowest BCUT2D eigenvalue weighted by atomic mass is 10.0. The van der Waals surface area contributed by atoms with Crippen LogP contribution in [0.2, 0.25) is 0 Å². The van der Waals surface area contributed by atoms with Crippen molar-refractivity contribution in [2.45, 2.75) is 24.4 Å². The summed E-state index contributed by atoms with van der Waals surface area (Å²) in [5.74, 6) is -2.38. The molecule has 0 unspecified atom stereocenters. The average molecular weight is 363 g/mol. The first kappa shape index (κ1) is 17.3. The summed E-state index contributed by atoms with van der Waals surface area (Å²) in [5, 5.41) is 10.9. The van der Waals surface area contributed by atoms with Crippen molar-refractivity contribution in [2.75, 3.05) is 5.75 Å². The van der Waals surface area contributed by atoms with E-state index in [0.717, 1.165) is 4.90 Å². The van der Waals surface area contributed by atoms with Crippen LogP contribution in [0.4, 0.5) is 0 Å². The maximum Gasteiger partial charge on any atom is 0.352 e. The Kier molecular flexibility index (Phi) is 4.44. The lowest BCUT2D eigenvalue weighted by molar-refractivity contribution is -0.151. The van der Waals surface area contributed by atoms with E-state index in [1.165, 1.54) is 6.92 Å². The fourth-order valence-corrected chi connectivity index (χ4v) is 4.68. The molecule has 3 rings (SSSR count). The topological polar surface area (TPSA) is 130 Å². The van der Waals surface area contributed by atoms with Gasteiger partial charge in [-0.1, -0.05) is 30.3 Å². The predicted molar refractivity (Wildman–Crippen MR) is 89.3 cm³/mol. The van der Waals surface area contributed by atoms with E-state index in [-0.39, 0.29) is 11.4 Å². The summed E-state index contributed by atoms with van der Waals surface area (Å²) in [4.78, 5) is 37.0. The third-order valence-electron chi connectivity index (χ3n) is 4.26. The molecule has 1 aromatic carbocycles. The second-order valence-electron chi connectivity index (χ2n) is 5.93. The maximum atomic E-state index is 12.3. The van der Waals surface area contributed by atoms with E-state index in [4.69, 9.17) is 5.73 Å². The molecule has 8 nitrogen and oxygen atoms in total. The number of nitrogens with two attached hydrogens (primary N) is 1. The van der Waals surface area contributed by atoms with Gasteiger partial charge in [-0.15, -0.1) is 0 Å². The third-order valence-corrected chi connectivity index (χ3v) is 6.00. The number of nitrogens with one attached hydrogen (secondary N) is 1. The van der Waals surface area contributed by atoms with Crippen molar-refractivity contribution in [3.8, 4) is 0 Å². The SMILES string of the molecule is CC1=C(C(=O)O)N2C(=O)[C@@H](NC(=O)[C@H](N)c3ccccc3)[C@H]2[S@@](=O)C1. The summed E-state index contributed by atoms with van der Waals surface area (Å²) in [7, 11) is -1.49.